The van der Waals surface area contributed by atoms with Crippen molar-refractivity contribution in [3.63, 3.8) is 0 Å². The molecule has 0 saturated carbocycles. The number of benzene rings is 2. The summed E-state index contributed by atoms with van der Waals surface area (Å²) in [5.41, 5.74) is 4.51. The highest BCUT2D eigenvalue weighted by atomic mass is 32.2. The smallest absolute Gasteiger partial charge is 0.0605 e. The highest BCUT2D eigenvalue weighted by Crippen LogP contribution is 2.46. The summed E-state index contributed by atoms with van der Waals surface area (Å²) in [7, 11) is 0. The second-order valence-corrected chi connectivity index (χ2v) is 5.16. The van der Waals surface area contributed by atoms with Crippen molar-refractivity contribution in [1.82, 2.24) is 0 Å². The van der Waals surface area contributed by atoms with Crippen LogP contribution in [0.2, 0.25) is 0 Å². The monoisotopic (exact) mass is 251 g/mol. The normalized spacial score (nSPS) is 12.0. The molecule has 1 N–H and O–H groups in total. The zero-order valence-corrected chi connectivity index (χ0v) is 10.8. The molecule has 2 aromatic carbocycles. The van der Waals surface area contributed by atoms with Crippen molar-refractivity contribution >= 4 is 35.3 Å². The number of fused-ring (bicyclic) bond motifs is 2. The Bertz CT molecular complexity index is 644. The average molecular weight is 251 g/mol. The molecule has 88 valence electrons. The maximum Gasteiger partial charge on any atom is 0.0605 e. The van der Waals surface area contributed by atoms with Crippen LogP contribution in [0.3, 0.4) is 0 Å². The molecule has 18 heavy (non-hydrogen) atoms. The number of hydrogen-bond acceptors (Lipinski definition) is 2. The second-order valence-electron chi connectivity index (χ2n) is 4.07. The summed E-state index contributed by atoms with van der Waals surface area (Å²) < 4.78 is 0. The molecule has 1 aliphatic heterocycles. The summed E-state index contributed by atoms with van der Waals surface area (Å²) in [5, 5.41) is 3.49. The predicted octanol–water partition coefficient (Wildman–Crippen LogP) is 5.18. The minimum absolute atomic E-state index is 1.11. The van der Waals surface area contributed by atoms with Crippen LogP contribution in [0.4, 0.5) is 11.4 Å². The minimum atomic E-state index is 1.11. The van der Waals surface area contributed by atoms with Crippen LogP contribution < -0.4 is 5.32 Å². The number of rotatable bonds is 2. The molecule has 2 heteroatoms. The molecule has 0 bridgehead atoms. The van der Waals surface area contributed by atoms with E-state index in [4.69, 9.17) is 0 Å². The molecule has 1 heterocycles. The Morgan fingerprint density at radius 1 is 0.944 bits per heavy atom. The average Bonchev–Trinajstić information content (AvgIpc) is 2.43. The fourth-order valence-corrected chi connectivity index (χ4v) is 3.15. The van der Waals surface area contributed by atoms with Crippen molar-refractivity contribution < 1.29 is 0 Å². The third-order valence-corrected chi connectivity index (χ3v) is 4.17. The topological polar surface area (TPSA) is 12.0 Å². The zero-order chi connectivity index (χ0) is 12.5. The minimum Gasteiger partial charge on any atom is -0.353 e. The first-order valence-electron chi connectivity index (χ1n) is 5.79. The van der Waals surface area contributed by atoms with Gasteiger partial charge < -0.3 is 5.32 Å². The van der Waals surface area contributed by atoms with Gasteiger partial charge in [0, 0.05) is 15.4 Å². The largest absolute Gasteiger partial charge is 0.353 e. The molecule has 2 aromatic rings. The molecule has 0 radical (unpaired) electrons. The Hall–Kier alpha value is -1.93. The fraction of sp³-hybridized carbons (Fsp3) is 0. The maximum atomic E-state index is 3.91. The van der Waals surface area contributed by atoms with Crippen LogP contribution >= 0.6 is 11.8 Å². The molecule has 0 unspecified atom stereocenters. The molecule has 0 atom stereocenters. The van der Waals surface area contributed by atoms with E-state index in [1.165, 1.54) is 9.79 Å². The zero-order valence-electron chi connectivity index (χ0n) is 9.94. The molecule has 0 aromatic heterocycles. The quantitative estimate of drug-likeness (QED) is 0.673. The van der Waals surface area contributed by atoms with Gasteiger partial charge in [0.25, 0.3) is 0 Å². The lowest BCUT2D eigenvalue weighted by Gasteiger charge is -2.23. The molecule has 1 aliphatic rings. The second kappa shape index (κ2) is 4.39. The van der Waals surface area contributed by atoms with Gasteiger partial charge in [-0.15, -0.1) is 0 Å². The first-order valence-corrected chi connectivity index (χ1v) is 6.61. The van der Waals surface area contributed by atoms with Crippen molar-refractivity contribution in [2.75, 3.05) is 5.32 Å². The summed E-state index contributed by atoms with van der Waals surface area (Å²) in [6, 6.07) is 12.6. The molecule has 0 amide bonds. The van der Waals surface area contributed by atoms with Gasteiger partial charge in [-0.2, -0.15) is 0 Å². The molecule has 0 saturated heterocycles. The summed E-state index contributed by atoms with van der Waals surface area (Å²) in [4.78, 5) is 2.49. The van der Waals surface area contributed by atoms with Gasteiger partial charge >= 0.3 is 0 Å². The van der Waals surface area contributed by atoms with E-state index in [0.717, 1.165) is 22.5 Å². The highest BCUT2D eigenvalue weighted by molar-refractivity contribution is 7.99. The van der Waals surface area contributed by atoms with Gasteiger partial charge in [-0.25, -0.2) is 0 Å². The van der Waals surface area contributed by atoms with E-state index in [0.29, 0.717) is 0 Å². The number of hydrogen-bond donors (Lipinski definition) is 1. The Labute approximate surface area is 111 Å². The first-order chi connectivity index (χ1) is 8.83. The van der Waals surface area contributed by atoms with Crippen molar-refractivity contribution in [2.45, 2.75) is 9.79 Å². The van der Waals surface area contributed by atoms with E-state index in [1.54, 1.807) is 11.8 Å². The van der Waals surface area contributed by atoms with E-state index >= 15 is 0 Å². The molecule has 0 aliphatic carbocycles. The number of para-hydroxylation sites is 1. The molecule has 3 rings (SSSR count). The van der Waals surface area contributed by atoms with Crippen molar-refractivity contribution in [1.29, 1.82) is 0 Å². The summed E-state index contributed by atoms with van der Waals surface area (Å²) in [5.74, 6) is 0. The van der Waals surface area contributed by atoms with Crippen LogP contribution in [0.25, 0.3) is 12.2 Å². The number of nitrogens with one attached hydrogen (secondary N) is 1. The van der Waals surface area contributed by atoms with Gasteiger partial charge in [0.15, 0.2) is 0 Å². The van der Waals surface area contributed by atoms with E-state index in [-0.39, 0.29) is 0 Å². The maximum absolute atomic E-state index is 3.91. The lowest BCUT2D eigenvalue weighted by molar-refractivity contribution is 1.30. The lowest BCUT2D eigenvalue weighted by Crippen LogP contribution is -2.02. The molecule has 0 spiro atoms. The predicted molar refractivity (Wildman–Crippen MR) is 80.5 cm³/mol. The fourth-order valence-electron chi connectivity index (χ4n) is 2.14. The van der Waals surface area contributed by atoms with Crippen LogP contribution in [0.15, 0.2) is 59.3 Å². The molecular formula is C16H13NS. The Morgan fingerprint density at radius 3 is 2.56 bits per heavy atom. The van der Waals surface area contributed by atoms with E-state index in [9.17, 15) is 0 Å². The lowest BCUT2D eigenvalue weighted by atomic mass is 10.0. The van der Waals surface area contributed by atoms with E-state index < -0.39 is 0 Å². The summed E-state index contributed by atoms with van der Waals surface area (Å²) in [6.45, 7) is 7.76. The van der Waals surface area contributed by atoms with Gasteiger partial charge in [0.1, 0.15) is 0 Å². The van der Waals surface area contributed by atoms with Crippen molar-refractivity contribution in [2.24, 2.45) is 0 Å². The van der Waals surface area contributed by atoms with Gasteiger partial charge in [-0.3, -0.25) is 0 Å². The van der Waals surface area contributed by atoms with E-state index in [2.05, 4.69) is 48.8 Å². The van der Waals surface area contributed by atoms with Crippen molar-refractivity contribution in [3.8, 4) is 0 Å². The van der Waals surface area contributed by atoms with Gasteiger partial charge in [0.2, 0.25) is 0 Å². The standard InChI is InChI=1S/C16H13NS/c1-3-11-9-10-15-16(12(11)4-2)17-13-7-5-6-8-14(13)18-15/h3-10,17H,1-2H2. The SMILES string of the molecule is C=Cc1ccc2c(c1C=C)Nc1ccccc1S2. The van der Waals surface area contributed by atoms with Crippen molar-refractivity contribution in [3.05, 3.63) is 60.7 Å². The van der Waals surface area contributed by atoms with Gasteiger partial charge in [-0.1, -0.05) is 55.3 Å². The first kappa shape index (κ1) is 11.2. The van der Waals surface area contributed by atoms with Gasteiger partial charge in [0.05, 0.1) is 11.4 Å². The summed E-state index contributed by atoms with van der Waals surface area (Å²) >= 11 is 1.79. The van der Waals surface area contributed by atoms with E-state index in [1.807, 2.05) is 18.2 Å². The van der Waals surface area contributed by atoms with Crippen LogP contribution in [0.5, 0.6) is 0 Å². The molecule has 1 nitrogen and oxygen atoms in total. The van der Waals surface area contributed by atoms with Gasteiger partial charge in [-0.05, 0) is 23.8 Å². The third-order valence-electron chi connectivity index (χ3n) is 3.03. The third kappa shape index (κ3) is 1.66. The Morgan fingerprint density at radius 2 is 1.78 bits per heavy atom. The van der Waals surface area contributed by atoms with Crippen LogP contribution in [-0.4, -0.2) is 0 Å². The highest BCUT2D eigenvalue weighted by Gasteiger charge is 2.18. The molecular weight excluding hydrogens is 238 g/mol. The Kier molecular flexibility index (Phi) is 2.73. The summed E-state index contributed by atoms with van der Waals surface area (Å²) in [6.07, 6.45) is 3.75. The van der Waals surface area contributed by atoms with Crippen LogP contribution in [-0.2, 0) is 0 Å². The van der Waals surface area contributed by atoms with Crippen LogP contribution in [0.1, 0.15) is 11.1 Å². The number of anilines is 2. The Balaban J connectivity index is 2.18. The van der Waals surface area contributed by atoms with Crippen LogP contribution in [0, 0.1) is 0 Å². The molecule has 0 fully saturated rings.